The van der Waals surface area contributed by atoms with Crippen LogP contribution in [0.4, 0.5) is 15.7 Å². The molecule has 0 aromatic carbocycles. The highest BCUT2D eigenvalue weighted by Gasteiger charge is 2.18. The first-order valence-electron chi connectivity index (χ1n) is 6.48. The highest BCUT2D eigenvalue weighted by molar-refractivity contribution is 7.17. The average Bonchev–Trinajstić information content (AvgIpc) is 2.79. The Morgan fingerprint density at radius 1 is 1.27 bits per heavy atom. The first-order chi connectivity index (χ1) is 10.5. The Balaban J connectivity index is 2.01. The number of carbonyl (C=O) groups is 2. The Morgan fingerprint density at radius 2 is 2.05 bits per heavy atom. The van der Waals surface area contributed by atoms with Crippen molar-refractivity contribution in [1.29, 1.82) is 0 Å². The summed E-state index contributed by atoms with van der Waals surface area (Å²) in [6.07, 6.45) is 4.16. The largest absolute Gasteiger partial charge is 0.459 e. The number of aromatic nitrogens is 3. The van der Waals surface area contributed by atoms with Crippen LogP contribution in [0.3, 0.4) is 0 Å². The van der Waals surface area contributed by atoms with Crippen LogP contribution in [0.2, 0.25) is 0 Å². The molecule has 0 radical (unpaired) electrons. The number of thiazole rings is 1. The second-order valence-electron chi connectivity index (χ2n) is 4.56. The standard InChI is InChI=1S/C13H15N5O3S/c1-7(2)21-11(19)10-8(3)16-13(22-10)18-12(20)17-9-6-14-4-5-15-9/h4-7H,1-3H3,(H2,15,16,17,18,20). The van der Waals surface area contributed by atoms with E-state index in [2.05, 4.69) is 25.6 Å². The number of anilines is 2. The molecule has 0 fully saturated rings. The van der Waals surface area contributed by atoms with Crippen LogP contribution in [-0.2, 0) is 4.74 Å². The van der Waals surface area contributed by atoms with Crippen molar-refractivity contribution >= 4 is 34.3 Å². The van der Waals surface area contributed by atoms with E-state index in [1.54, 1.807) is 20.8 Å². The minimum absolute atomic E-state index is 0.217. The molecule has 0 saturated heterocycles. The third kappa shape index (κ3) is 4.22. The number of rotatable bonds is 4. The van der Waals surface area contributed by atoms with Crippen LogP contribution in [0.25, 0.3) is 0 Å². The molecule has 2 amide bonds. The summed E-state index contributed by atoms with van der Waals surface area (Å²) in [5.41, 5.74) is 0.505. The molecule has 0 aliphatic carbocycles. The minimum Gasteiger partial charge on any atom is -0.459 e. The van der Waals surface area contributed by atoms with E-state index in [0.717, 1.165) is 11.3 Å². The van der Waals surface area contributed by atoms with Gasteiger partial charge in [-0.25, -0.2) is 19.6 Å². The van der Waals surface area contributed by atoms with Crippen LogP contribution < -0.4 is 10.6 Å². The number of hydrogen-bond acceptors (Lipinski definition) is 7. The molecule has 2 heterocycles. The molecule has 8 nitrogen and oxygen atoms in total. The van der Waals surface area contributed by atoms with Gasteiger partial charge in [0, 0.05) is 12.4 Å². The van der Waals surface area contributed by atoms with Gasteiger partial charge in [-0.2, -0.15) is 0 Å². The molecular formula is C13H15N5O3S. The molecule has 0 unspecified atom stereocenters. The predicted molar refractivity (Wildman–Crippen MR) is 82.1 cm³/mol. The fourth-order valence-corrected chi connectivity index (χ4v) is 2.36. The summed E-state index contributed by atoms with van der Waals surface area (Å²) in [6.45, 7) is 5.21. The number of aryl methyl sites for hydroxylation is 1. The van der Waals surface area contributed by atoms with Crippen molar-refractivity contribution in [2.75, 3.05) is 10.6 Å². The zero-order valence-corrected chi connectivity index (χ0v) is 13.1. The van der Waals surface area contributed by atoms with Gasteiger partial charge in [0.2, 0.25) is 0 Å². The minimum atomic E-state index is -0.516. The molecule has 0 bridgehead atoms. The molecule has 2 aromatic rings. The molecule has 2 aromatic heterocycles. The van der Waals surface area contributed by atoms with Crippen molar-refractivity contribution in [2.24, 2.45) is 0 Å². The molecule has 0 saturated carbocycles. The number of esters is 1. The van der Waals surface area contributed by atoms with Crippen molar-refractivity contribution in [3.05, 3.63) is 29.2 Å². The number of nitrogens with one attached hydrogen (secondary N) is 2. The maximum atomic E-state index is 11.9. The Morgan fingerprint density at radius 3 is 2.68 bits per heavy atom. The summed E-state index contributed by atoms with van der Waals surface area (Å²) in [7, 11) is 0. The second kappa shape index (κ2) is 6.94. The smallest absolute Gasteiger partial charge is 0.350 e. The number of urea groups is 1. The number of amides is 2. The van der Waals surface area contributed by atoms with E-state index in [4.69, 9.17) is 4.74 Å². The number of ether oxygens (including phenoxy) is 1. The fraction of sp³-hybridized carbons (Fsp3) is 0.308. The lowest BCUT2D eigenvalue weighted by molar-refractivity contribution is 0.0382. The molecule has 2 N–H and O–H groups in total. The lowest BCUT2D eigenvalue weighted by Gasteiger charge is -2.05. The van der Waals surface area contributed by atoms with Crippen LogP contribution >= 0.6 is 11.3 Å². The normalized spacial score (nSPS) is 10.4. The molecule has 0 aliphatic heterocycles. The molecule has 0 atom stereocenters. The zero-order valence-electron chi connectivity index (χ0n) is 12.3. The third-order valence-electron chi connectivity index (χ3n) is 2.35. The van der Waals surface area contributed by atoms with Crippen LogP contribution in [0.5, 0.6) is 0 Å². The molecule has 9 heteroatoms. The second-order valence-corrected chi connectivity index (χ2v) is 5.56. The van der Waals surface area contributed by atoms with E-state index in [9.17, 15) is 9.59 Å². The first-order valence-corrected chi connectivity index (χ1v) is 7.29. The summed E-state index contributed by atoms with van der Waals surface area (Å²) in [5, 5.41) is 5.35. The first kappa shape index (κ1) is 15.8. The van der Waals surface area contributed by atoms with Crippen molar-refractivity contribution < 1.29 is 14.3 Å². The Kier molecular flexibility index (Phi) is 4.99. The number of carbonyl (C=O) groups excluding carboxylic acids is 2. The van der Waals surface area contributed by atoms with E-state index >= 15 is 0 Å². The highest BCUT2D eigenvalue weighted by atomic mass is 32.1. The molecule has 0 aliphatic rings. The molecule has 0 spiro atoms. The van der Waals surface area contributed by atoms with Crippen molar-refractivity contribution in [3.8, 4) is 0 Å². The molecular weight excluding hydrogens is 306 g/mol. The van der Waals surface area contributed by atoms with Crippen LogP contribution in [0.1, 0.15) is 29.2 Å². The lowest BCUT2D eigenvalue weighted by atomic mass is 10.4. The third-order valence-corrected chi connectivity index (χ3v) is 3.40. The maximum Gasteiger partial charge on any atom is 0.350 e. The van der Waals surface area contributed by atoms with Crippen molar-refractivity contribution in [1.82, 2.24) is 15.0 Å². The van der Waals surface area contributed by atoms with Gasteiger partial charge in [0.1, 0.15) is 4.88 Å². The summed E-state index contributed by atoms with van der Waals surface area (Å²) in [5.74, 6) is -0.139. The highest BCUT2D eigenvalue weighted by Crippen LogP contribution is 2.23. The maximum absolute atomic E-state index is 11.9. The molecule has 116 valence electrons. The average molecular weight is 321 g/mol. The van der Waals surface area contributed by atoms with E-state index < -0.39 is 12.0 Å². The fourth-order valence-electron chi connectivity index (χ4n) is 1.52. The van der Waals surface area contributed by atoms with Gasteiger partial charge in [0.05, 0.1) is 18.0 Å². The Labute approximate surface area is 131 Å². The predicted octanol–water partition coefficient (Wildman–Crippen LogP) is 2.45. The van der Waals surface area contributed by atoms with Gasteiger partial charge < -0.3 is 4.74 Å². The quantitative estimate of drug-likeness (QED) is 0.838. The SMILES string of the molecule is Cc1nc(NC(=O)Nc2cnccn2)sc1C(=O)OC(C)C. The Bertz CT molecular complexity index is 672. The van der Waals surface area contributed by atoms with Gasteiger partial charge >= 0.3 is 12.0 Å². The Hall–Kier alpha value is -2.55. The number of nitrogens with zero attached hydrogens (tertiary/aromatic N) is 3. The summed E-state index contributed by atoms with van der Waals surface area (Å²) in [4.78, 5) is 35.9. The van der Waals surface area contributed by atoms with Crippen LogP contribution in [0, 0.1) is 6.92 Å². The van der Waals surface area contributed by atoms with Gasteiger partial charge in [0.25, 0.3) is 0 Å². The van der Waals surface area contributed by atoms with Crippen molar-refractivity contribution in [2.45, 2.75) is 26.9 Å². The number of hydrogen-bond donors (Lipinski definition) is 2. The van der Waals surface area contributed by atoms with Crippen LogP contribution in [-0.4, -0.2) is 33.1 Å². The monoisotopic (exact) mass is 321 g/mol. The molecule has 2 rings (SSSR count). The topological polar surface area (TPSA) is 106 Å². The van der Waals surface area contributed by atoms with Gasteiger partial charge in [-0.05, 0) is 20.8 Å². The van der Waals surface area contributed by atoms with Gasteiger partial charge in [-0.15, -0.1) is 0 Å². The van der Waals surface area contributed by atoms with Gasteiger partial charge in [0.15, 0.2) is 10.9 Å². The summed E-state index contributed by atoms with van der Waals surface area (Å²) >= 11 is 1.05. The van der Waals surface area contributed by atoms with E-state index in [-0.39, 0.29) is 6.10 Å². The summed E-state index contributed by atoms with van der Waals surface area (Å²) < 4.78 is 5.12. The van der Waals surface area contributed by atoms with E-state index in [1.807, 2.05) is 0 Å². The van der Waals surface area contributed by atoms with E-state index in [0.29, 0.717) is 21.5 Å². The van der Waals surface area contributed by atoms with E-state index in [1.165, 1.54) is 18.6 Å². The van der Waals surface area contributed by atoms with Crippen LogP contribution in [0.15, 0.2) is 18.6 Å². The summed E-state index contributed by atoms with van der Waals surface area (Å²) in [6, 6.07) is -0.516. The molecule has 22 heavy (non-hydrogen) atoms. The zero-order chi connectivity index (χ0) is 16.1. The van der Waals surface area contributed by atoms with Crippen molar-refractivity contribution in [3.63, 3.8) is 0 Å². The van der Waals surface area contributed by atoms with Gasteiger partial charge in [-0.3, -0.25) is 15.6 Å². The lowest BCUT2D eigenvalue weighted by Crippen LogP contribution is -2.20. The van der Waals surface area contributed by atoms with Gasteiger partial charge in [-0.1, -0.05) is 11.3 Å².